The third-order valence-corrected chi connectivity index (χ3v) is 6.26. The predicted molar refractivity (Wildman–Crippen MR) is 125 cm³/mol. The first kappa shape index (κ1) is 21.9. The van der Waals surface area contributed by atoms with Gasteiger partial charge in [0.05, 0.1) is 10.5 Å². The van der Waals surface area contributed by atoms with Crippen molar-refractivity contribution in [1.82, 2.24) is 0 Å². The molecule has 4 aromatic rings. The Morgan fingerprint density at radius 1 is 0.875 bits per heavy atom. The summed E-state index contributed by atoms with van der Waals surface area (Å²) >= 11 is 5.91. The second-order valence-electron chi connectivity index (χ2n) is 7.22. The van der Waals surface area contributed by atoms with E-state index in [0.717, 1.165) is 17.4 Å². The lowest BCUT2D eigenvalue weighted by Gasteiger charge is -2.12. The molecule has 7 heteroatoms. The third-order valence-electron chi connectivity index (χ3n) is 4.88. The van der Waals surface area contributed by atoms with Gasteiger partial charge in [0.2, 0.25) is 0 Å². The highest BCUT2D eigenvalue weighted by molar-refractivity contribution is 7.90. The zero-order valence-corrected chi connectivity index (χ0v) is 18.7. The Kier molecular flexibility index (Phi) is 6.17. The highest BCUT2D eigenvalue weighted by atomic mass is 35.5. The van der Waals surface area contributed by atoms with Gasteiger partial charge in [-0.2, -0.15) is 0 Å². The largest absolute Gasteiger partial charge is 0.460 e. The van der Waals surface area contributed by atoms with Gasteiger partial charge in [0, 0.05) is 22.9 Å². The van der Waals surface area contributed by atoms with Gasteiger partial charge in [0.1, 0.15) is 6.61 Å². The molecule has 0 aliphatic heterocycles. The number of benzene rings is 3. The first-order valence-corrected chi connectivity index (χ1v) is 12.0. The van der Waals surface area contributed by atoms with E-state index in [1.165, 1.54) is 12.1 Å². The highest BCUT2D eigenvalue weighted by Gasteiger charge is 2.17. The quantitative estimate of drug-likeness (QED) is 0.369. The summed E-state index contributed by atoms with van der Waals surface area (Å²) in [6, 6.07) is 24.4. The second kappa shape index (κ2) is 9.02. The normalized spacial score (nSPS) is 11.3. The van der Waals surface area contributed by atoms with Gasteiger partial charge in [-0.25, -0.2) is 13.2 Å². The van der Waals surface area contributed by atoms with E-state index >= 15 is 0 Å². The Labute approximate surface area is 190 Å². The predicted octanol–water partition coefficient (Wildman–Crippen LogP) is 5.61. The average molecular weight is 467 g/mol. The van der Waals surface area contributed by atoms with E-state index < -0.39 is 15.5 Å². The van der Waals surface area contributed by atoms with Crippen LogP contribution in [0.5, 0.6) is 5.95 Å². The summed E-state index contributed by atoms with van der Waals surface area (Å²) in [7, 11) is -3.35. The van der Waals surface area contributed by atoms with Crippen LogP contribution >= 0.6 is 11.6 Å². The molecule has 32 heavy (non-hydrogen) atoms. The molecule has 0 N–H and O–H groups in total. The van der Waals surface area contributed by atoms with Crippen LogP contribution in [0.4, 0.5) is 0 Å². The molecule has 1 heterocycles. The minimum absolute atomic E-state index is 0.0836. The first-order valence-electron chi connectivity index (χ1n) is 9.72. The molecule has 0 atom stereocenters. The van der Waals surface area contributed by atoms with Crippen LogP contribution in [-0.2, 0) is 16.4 Å². The zero-order chi connectivity index (χ0) is 22.7. The van der Waals surface area contributed by atoms with Crippen LogP contribution in [0.2, 0.25) is 5.02 Å². The standard InChI is InChI=1S/C25H19ClO5S/c1-32(28,29)21-13-9-19(10-14-21)24-22(18-5-3-2-4-6-18)15-23(31-25(24)27)30-16-17-7-11-20(26)12-8-17/h2-15H,16H2,1H3. The summed E-state index contributed by atoms with van der Waals surface area (Å²) in [5, 5.41) is 0.623. The fourth-order valence-electron chi connectivity index (χ4n) is 3.27. The number of hydrogen-bond acceptors (Lipinski definition) is 5. The number of rotatable bonds is 6. The van der Waals surface area contributed by atoms with E-state index in [1.54, 1.807) is 30.3 Å². The fourth-order valence-corrected chi connectivity index (χ4v) is 4.02. The lowest BCUT2D eigenvalue weighted by atomic mass is 9.97. The number of sulfone groups is 1. The number of hydrogen-bond donors (Lipinski definition) is 0. The van der Waals surface area contributed by atoms with Crippen molar-refractivity contribution in [3.05, 3.63) is 106 Å². The molecule has 0 saturated heterocycles. The summed E-state index contributed by atoms with van der Waals surface area (Å²) in [6.45, 7) is 0.205. The van der Waals surface area contributed by atoms with E-state index in [4.69, 9.17) is 20.8 Å². The lowest BCUT2D eigenvalue weighted by Crippen LogP contribution is -2.08. The van der Waals surface area contributed by atoms with Crippen LogP contribution in [-0.4, -0.2) is 14.7 Å². The smallest absolute Gasteiger partial charge is 0.347 e. The van der Waals surface area contributed by atoms with Gasteiger partial charge in [-0.1, -0.05) is 66.2 Å². The summed E-state index contributed by atoms with van der Waals surface area (Å²) in [5.41, 5.74) is 2.60. The highest BCUT2D eigenvalue weighted by Crippen LogP contribution is 2.33. The van der Waals surface area contributed by atoms with Crippen LogP contribution in [0, 0.1) is 0 Å². The summed E-state index contributed by atoms with van der Waals surface area (Å²) in [4.78, 5) is 13.2. The molecule has 5 nitrogen and oxygen atoms in total. The van der Waals surface area contributed by atoms with Crippen LogP contribution in [0.25, 0.3) is 22.3 Å². The summed E-state index contributed by atoms with van der Waals surface area (Å²) in [5.74, 6) is 0.0836. The van der Waals surface area contributed by atoms with Crippen molar-refractivity contribution in [2.24, 2.45) is 0 Å². The van der Waals surface area contributed by atoms with Crippen LogP contribution in [0.1, 0.15) is 5.56 Å². The Hall–Kier alpha value is -3.35. The molecule has 162 valence electrons. The van der Waals surface area contributed by atoms with Crippen LogP contribution in [0.15, 0.2) is 99.0 Å². The van der Waals surface area contributed by atoms with Gasteiger partial charge >= 0.3 is 5.63 Å². The number of ether oxygens (including phenoxy) is 1. The van der Waals surface area contributed by atoms with Crippen molar-refractivity contribution >= 4 is 21.4 Å². The molecule has 0 bridgehead atoms. The molecule has 0 unspecified atom stereocenters. The SMILES string of the molecule is CS(=O)(=O)c1ccc(-c2c(-c3ccccc3)cc(OCc3ccc(Cl)cc3)oc2=O)cc1. The molecule has 0 aliphatic carbocycles. The van der Waals surface area contributed by atoms with Gasteiger partial charge in [-0.15, -0.1) is 0 Å². The second-order valence-corrected chi connectivity index (χ2v) is 9.67. The third kappa shape index (κ3) is 4.93. The zero-order valence-electron chi connectivity index (χ0n) is 17.1. The van der Waals surface area contributed by atoms with Gasteiger partial charge in [0.15, 0.2) is 9.84 Å². The summed E-state index contributed by atoms with van der Waals surface area (Å²) < 4.78 is 34.8. The molecule has 3 aromatic carbocycles. The van der Waals surface area contributed by atoms with E-state index in [2.05, 4.69) is 0 Å². The molecule has 1 aromatic heterocycles. The topological polar surface area (TPSA) is 73.6 Å². The first-order chi connectivity index (χ1) is 15.3. The van der Waals surface area contributed by atoms with E-state index in [1.807, 2.05) is 42.5 Å². The molecule has 0 fully saturated rings. The van der Waals surface area contributed by atoms with Gasteiger partial charge in [-0.05, 0) is 41.0 Å². The van der Waals surface area contributed by atoms with E-state index in [-0.39, 0.29) is 17.4 Å². The number of halogens is 1. The minimum Gasteiger partial charge on any atom is -0.460 e. The summed E-state index contributed by atoms with van der Waals surface area (Å²) in [6.07, 6.45) is 1.14. The van der Waals surface area contributed by atoms with Crippen molar-refractivity contribution < 1.29 is 17.6 Å². The minimum atomic E-state index is -3.35. The van der Waals surface area contributed by atoms with Crippen molar-refractivity contribution in [2.45, 2.75) is 11.5 Å². The molecule has 0 amide bonds. The van der Waals surface area contributed by atoms with Gasteiger partial charge < -0.3 is 9.15 Å². The monoisotopic (exact) mass is 466 g/mol. The molecule has 0 radical (unpaired) electrons. The van der Waals surface area contributed by atoms with Crippen molar-refractivity contribution in [3.8, 4) is 28.2 Å². The molecule has 0 saturated carbocycles. The van der Waals surface area contributed by atoms with Crippen molar-refractivity contribution in [1.29, 1.82) is 0 Å². The molecular formula is C25H19ClO5S. The van der Waals surface area contributed by atoms with Gasteiger partial charge in [0.25, 0.3) is 5.95 Å². The van der Waals surface area contributed by atoms with E-state index in [9.17, 15) is 13.2 Å². The molecule has 4 rings (SSSR count). The maximum Gasteiger partial charge on any atom is 0.347 e. The molecular weight excluding hydrogens is 448 g/mol. The molecule has 0 spiro atoms. The Morgan fingerprint density at radius 2 is 1.53 bits per heavy atom. The maximum absolute atomic E-state index is 13.0. The lowest BCUT2D eigenvalue weighted by molar-refractivity contribution is 0.221. The Bertz CT molecular complexity index is 1390. The van der Waals surface area contributed by atoms with Crippen molar-refractivity contribution in [3.63, 3.8) is 0 Å². The van der Waals surface area contributed by atoms with Crippen LogP contribution < -0.4 is 10.4 Å². The van der Waals surface area contributed by atoms with Crippen LogP contribution in [0.3, 0.4) is 0 Å². The maximum atomic E-state index is 13.0. The Balaban J connectivity index is 1.76. The van der Waals surface area contributed by atoms with E-state index in [0.29, 0.717) is 21.7 Å². The average Bonchev–Trinajstić information content (AvgIpc) is 2.78. The molecule has 0 aliphatic rings. The Morgan fingerprint density at radius 3 is 2.16 bits per heavy atom. The van der Waals surface area contributed by atoms with Gasteiger partial charge in [-0.3, -0.25) is 0 Å². The fraction of sp³-hybridized carbons (Fsp3) is 0.0800. The van der Waals surface area contributed by atoms with Crippen molar-refractivity contribution in [2.75, 3.05) is 6.26 Å².